The van der Waals surface area contributed by atoms with E-state index in [-0.39, 0.29) is 32.7 Å². The summed E-state index contributed by atoms with van der Waals surface area (Å²) in [5.74, 6) is 1.28. The van der Waals surface area contributed by atoms with Crippen molar-refractivity contribution in [1.29, 1.82) is 0 Å². The van der Waals surface area contributed by atoms with Crippen molar-refractivity contribution in [3.8, 4) is 0 Å². The van der Waals surface area contributed by atoms with Crippen molar-refractivity contribution in [1.82, 2.24) is 0 Å². The zero-order valence-electron chi connectivity index (χ0n) is 12.4. The van der Waals surface area contributed by atoms with E-state index < -0.39 is 0 Å². The first-order valence-corrected chi connectivity index (χ1v) is 6.53. The van der Waals surface area contributed by atoms with Crippen LogP contribution in [0.4, 0.5) is 0 Å². The van der Waals surface area contributed by atoms with Crippen molar-refractivity contribution in [2.45, 2.75) is 39.5 Å². The summed E-state index contributed by atoms with van der Waals surface area (Å²) in [6.07, 6.45) is 0. The van der Waals surface area contributed by atoms with Crippen LogP contribution in [-0.4, -0.2) is 0 Å². The van der Waals surface area contributed by atoms with Gasteiger partial charge in [-0.15, -0.1) is 0 Å². The summed E-state index contributed by atoms with van der Waals surface area (Å²) in [6, 6.07) is 22.2. The first kappa shape index (κ1) is 18.5. The third kappa shape index (κ3) is 7.65. The maximum Gasteiger partial charge on any atom is 0 e. The van der Waals surface area contributed by atoms with Crippen LogP contribution >= 0.6 is 0 Å². The summed E-state index contributed by atoms with van der Waals surface area (Å²) in [5, 5.41) is 0. The van der Waals surface area contributed by atoms with Crippen molar-refractivity contribution in [3.05, 3.63) is 71.8 Å². The Morgan fingerprint density at radius 1 is 0.632 bits per heavy atom. The van der Waals surface area contributed by atoms with Crippen LogP contribution in [0.1, 0.15) is 50.7 Å². The van der Waals surface area contributed by atoms with Crippen molar-refractivity contribution in [2.75, 3.05) is 0 Å². The van der Waals surface area contributed by atoms with Crippen LogP contribution in [0, 0.1) is 12.1 Å². The maximum absolute atomic E-state index is 2.99. The molecule has 0 saturated carbocycles. The van der Waals surface area contributed by atoms with Crippen LogP contribution in [-0.2, 0) is 32.7 Å². The molecule has 0 heterocycles. The molecule has 1 radical (unpaired) electrons. The zero-order valence-corrected chi connectivity index (χ0v) is 15.2. The number of benzene rings is 2. The summed E-state index contributed by atoms with van der Waals surface area (Å²) in [5.41, 5.74) is 2.77. The van der Waals surface area contributed by atoms with Crippen LogP contribution in [0.25, 0.3) is 0 Å². The monoisotopic (exact) mass is 327 g/mol. The standard InChI is InChI=1S/2C9H11.Y/c2*1-8(2)9-6-4-3-5-7-9;/h2*4-8H,1-2H3;/q2*-1;. The molecule has 2 aromatic carbocycles. The van der Waals surface area contributed by atoms with E-state index in [1.165, 1.54) is 11.1 Å². The summed E-state index contributed by atoms with van der Waals surface area (Å²) in [6.45, 7) is 8.76. The van der Waals surface area contributed by atoms with Gasteiger partial charge in [-0.05, 0) is 11.8 Å². The van der Waals surface area contributed by atoms with Crippen LogP contribution in [0.2, 0.25) is 0 Å². The van der Waals surface area contributed by atoms with Gasteiger partial charge in [-0.3, -0.25) is 0 Å². The molecule has 1 heteroatoms. The van der Waals surface area contributed by atoms with Gasteiger partial charge in [0, 0.05) is 32.7 Å². The normalized spacial score (nSPS) is 9.58. The zero-order chi connectivity index (χ0) is 13.4. The molecular formula is C18H22Y-2. The molecule has 2 aromatic rings. The molecule has 0 atom stereocenters. The third-order valence-electron chi connectivity index (χ3n) is 2.82. The molecule has 0 aliphatic heterocycles. The molecule has 0 bridgehead atoms. The molecule has 19 heavy (non-hydrogen) atoms. The minimum atomic E-state index is 0. The Hall–Kier alpha value is -0.456. The van der Waals surface area contributed by atoms with Gasteiger partial charge in [0.1, 0.15) is 0 Å². The fourth-order valence-electron chi connectivity index (χ4n) is 1.57. The van der Waals surface area contributed by atoms with Crippen molar-refractivity contribution in [2.24, 2.45) is 0 Å². The Bertz CT molecular complexity index is 374. The second-order valence-electron chi connectivity index (χ2n) is 4.98. The number of hydrogen-bond acceptors (Lipinski definition) is 0. The van der Waals surface area contributed by atoms with E-state index in [4.69, 9.17) is 0 Å². The SMILES string of the molecule is CC(C)c1cc[c-]cc1.CC(C)c1cc[c-]cc1.[Y]. The Balaban J connectivity index is 0.000000324. The largest absolute Gasteiger partial charge is 0.184 e. The minimum Gasteiger partial charge on any atom is -0.184 e. The van der Waals surface area contributed by atoms with E-state index in [9.17, 15) is 0 Å². The fraction of sp³-hybridized carbons (Fsp3) is 0.333. The Morgan fingerprint density at radius 3 is 1.05 bits per heavy atom. The smallest absolute Gasteiger partial charge is 0 e. The van der Waals surface area contributed by atoms with E-state index in [1.807, 2.05) is 24.3 Å². The van der Waals surface area contributed by atoms with E-state index >= 15 is 0 Å². The summed E-state index contributed by atoms with van der Waals surface area (Å²) >= 11 is 0. The Kier molecular flexibility index (Phi) is 10.1. The molecule has 99 valence electrons. The van der Waals surface area contributed by atoms with E-state index in [2.05, 4.69) is 64.1 Å². The van der Waals surface area contributed by atoms with E-state index in [0.29, 0.717) is 11.8 Å². The first-order valence-electron chi connectivity index (χ1n) is 6.53. The predicted octanol–water partition coefficient (Wildman–Crippen LogP) is 5.22. The molecule has 0 saturated heterocycles. The van der Waals surface area contributed by atoms with Crippen molar-refractivity contribution < 1.29 is 32.7 Å². The van der Waals surface area contributed by atoms with Gasteiger partial charge in [0.2, 0.25) is 0 Å². The van der Waals surface area contributed by atoms with Gasteiger partial charge in [-0.25, -0.2) is 0 Å². The molecule has 0 amide bonds. The Morgan fingerprint density at radius 2 is 0.895 bits per heavy atom. The minimum absolute atomic E-state index is 0. The molecule has 0 unspecified atom stereocenters. The van der Waals surface area contributed by atoms with Gasteiger partial charge < -0.3 is 0 Å². The van der Waals surface area contributed by atoms with E-state index in [0.717, 1.165) is 0 Å². The van der Waals surface area contributed by atoms with Gasteiger partial charge >= 0.3 is 0 Å². The van der Waals surface area contributed by atoms with Gasteiger partial charge in [0.05, 0.1) is 0 Å². The fourth-order valence-corrected chi connectivity index (χ4v) is 1.57. The predicted molar refractivity (Wildman–Crippen MR) is 78.7 cm³/mol. The summed E-state index contributed by atoms with van der Waals surface area (Å²) < 4.78 is 0. The number of rotatable bonds is 2. The van der Waals surface area contributed by atoms with Crippen LogP contribution < -0.4 is 0 Å². The first-order chi connectivity index (χ1) is 8.61. The molecule has 0 aromatic heterocycles. The average molecular weight is 327 g/mol. The molecule has 0 spiro atoms. The van der Waals surface area contributed by atoms with Crippen LogP contribution in [0.15, 0.2) is 48.5 Å². The number of hydrogen-bond donors (Lipinski definition) is 0. The molecule has 0 N–H and O–H groups in total. The molecule has 0 aliphatic rings. The molecule has 2 rings (SSSR count). The van der Waals surface area contributed by atoms with Gasteiger partial charge in [0.15, 0.2) is 0 Å². The third-order valence-corrected chi connectivity index (χ3v) is 2.82. The second kappa shape index (κ2) is 10.3. The van der Waals surface area contributed by atoms with Gasteiger partial charge in [-0.1, -0.05) is 27.7 Å². The maximum atomic E-state index is 2.99. The van der Waals surface area contributed by atoms with Crippen LogP contribution in [0.5, 0.6) is 0 Å². The molecule has 0 fully saturated rings. The molecular weight excluding hydrogens is 305 g/mol. The van der Waals surface area contributed by atoms with E-state index in [1.54, 1.807) is 0 Å². The summed E-state index contributed by atoms with van der Waals surface area (Å²) in [4.78, 5) is 0. The van der Waals surface area contributed by atoms with Crippen molar-refractivity contribution in [3.63, 3.8) is 0 Å². The topological polar surface area (TPSA) is 0 Å². The van der Waals surface area contributed by atoms with Crippen LogP contribution in [0.3, 0.4) is 0 Å². The summed E-state index contributed by atoms with van der Waals surface area (Å²) in [7, 11) is 0. The second-order valence-corrected chi connectivity index (χ2v) is 4.98. The molecule has 0 nitrogen and oxygen atoms in total. The Labute approximate surface area is 143 Å². The van der Waals surface area contributed by atoms with Crippen molar-refractivity contribution >= 4 is 0 Å². The quantitative estimate of drug-likeness (QED) is 0.664. The average Bonchev–Trinajstić information content (AvgIpc) is 2.41. The van der Waals surface area contributed by atoms with Gasteiger partial charge in [-0.2, -0.15) is 71.8 Å². The molecule has 0 aliphatic carbocycles. The van der Waals surface area contributed by atoms with Gasteiger partial charge in [0.25, 0.3) is 0 Å².